The Bertz CT molecular complexity index is 587. The predicted molar refractivity (Wildman–Crippen MR) is 78.6 cm³/mol. The number of aliphatic hydroxyl groups excluding tert-OH is 1. The Labute approximate surface area is 125 Å². The first-order valence-electron chi connectivity index (χ1n) is 6.36. The van der Waals surface area contributed by atoms with Crippen molar-refractivity contribution >= 4 is 15.9 Å². The fourth-order valence-corrected chi connectivity index (χ4v) is 2.49. The average Bonchev–Trinajstić information content (AvgIpc) is 2.47. The Balaban J connectivity index is 2.20. The maximum atomic E-state index is 13.9. The zero-order chi connectivity index (χ0) is 14.7. The minimum atomic E-state index is -0.851. The lowest BCUT2D eigenvalue weighted by Gasteiger charge is -2.20. The largest absolute Gasteiger partial charge is 0.392 e. The van der Waals surface area contributed by atoms with E-state index in [4.69, 9.17) is 0 Å². The first-order valence-corrected chi connectivity index (χ1v) is 7.15. The van der Waals surface area contributed by atoms with Crippen molar-refractivity contribution in [2.45, 2.75) is 25.4 Å². The van der Waals surface area contributed by atoms with Crippen LogP contribution in [0.5, 0.6) is 0 Å². The van der Waals surface area contributed by atoms with Crippen LogP contribution in [0.1, 0.15) is 24.0 Å². The van der Waals surface area contributed by atoms with Crippen LogP contribution in [0.4, 0.5) is 8.78 Å². The van der Waals surface area contributed by atoms with Crippen molar-refractivity contribution in [2.75, 3.05) is 0 Å². The molecule has 106 valence electrons. The third-order valence-corrected chi connectivity index (χ3v) is 4.07. The number of aliphatic hydroxyl groups is 1. The van der Waals surface area contributed by atoms with Crippen molar-refractivity contribution in [3.63, 3.8) is 0 Å². The van der Waals surface area contributed by atoms with Gasteiger partial charge in [-0.25, -0.2) is 8.78 Å². The van der Waals surface area contributed by atoms with Crippen molar-refractivity contribution in [1.29, 1.82) is 0 Å². The molecule has 0 fully saturated rings. The monoisotopic (exact) mass is 340 g/mol. The van der Waals surface area contributed by atoms with Gasteiger partial charge in [-0.1, -0.05) is 37.3 Å². The molecule has 2 aromatic carbocycles. The molecule has 0 aliphatic rings. The zero-order valence-electron chi connectivity index (χ0n) is 11.0. The summed E-state index contributed by atoms with van der Waals surface area (Å²) in [4.78, 5) is 0. The van der Waals surface area contributed by atoms with E-state index < -0.39 is 17.7 Å². The van der Waals surface area contributed by atoms with Crippen molar-refractivity contribution in [3.8, 4) is 0 Å². The van der Waals surface area contributed by atoms with Crippen LogP contribution in [-0.4, -0.2) is 11.2 Å². The SMILES string of the molecule is CC(c1ccccc1)C(O)Cc1c(F)ccc(Br)c1F. The third kappa shape index (κ3) is 3.25. The highest BCUT2D eigenvalue weighted by atomic mass is 79.9. The molecule has 0 spiro atoms. The van der Waals surface area contributed by atoms with E-state index in [9.17, 15) is 13.9 Å². The number of rotatable bonds is 4. The van der Waals surface area contributed by atoms with Crippen LogP contribution in [0.15, 0.2) is 46.9 Å². The van der Waals surface area contributed by atoms with Gasteiger partial charge in [0.05, 0.1) is 10.6 Å². The molecule has 2 aromatic rings. The summed E-state index contributed by atoms with van der Waals surface area (Å²) in [5.41, 5.74) is 0.852. The summed E-state index contributed by atoms with van der Waals surface area (Å²) < 4.78 is 27.8. The highest BCUT2D eigenvalue weighted by molar-refractivity contribution is 9.10. The quantitative estimate of drug-likeness (QED) is 0.816. The maximum Gasteiger partial charge on any atom is 0.143 e. The van der Waals surface area contributed by atoms with Gasteiger partial charge in [0.15, 0.2) is 0 Å². The van der Waals surface area contributed by atoms with E-state index in [1.165, 1.54) is 12.1 Å². The van der Waals surface area contributed by atoms with Gasteiger partial charge >= 0.3 is 0 Å². The molecule has 0 saturated carbocycles. The van der Waals surface area contributed by atoms with Gasteiger partial charge in [0.1, 0.15) is 11.6 Å². The molecule has 0 saturated heterocycles. The molecule has 2 atom stereocenters. The van der Waals surface area contributed by atoms with Gasteiger partial charge in [-0.05, 0) is 33.6 Å². The molecule has 4 heteroatoms. The fourth-order valence-electron chi connectivity index (χ4n) is 2.12. The van der Waals surface area contributed by atoms with Crippen LogP contribution >= 0.6 is 15.9 Å². The lowest BCUT2D eigenvalue weighted by molar-refractivity contribution is 0.147. The lowest BCUT2D eigenvalue weighted by Crippen LogP contribution is -2.20. The van der Waals surface area contributed by atoms with E-state index in [0.29, 0.717) is 0 Å². The van der Waals surface area contributed by atoms with Crippen LogP contribution in [0.3, 0.4) is 0 Å². The Morgan fingerprint density at radius 2 is 1.75 bits per heavy atom. The van der Waals surface area contributed by atoms with Crippen molar-refractivity contribution in [1.82, 2.24) is 0 Å². The summed E-state index contributed by atoms with van der Waals surface area (Å²) in [5, 5.41) is 10.2. The Hall–Kier alpha value is -1.26. The molecule has 0 bridgehead atoms. The third-order valence-electron chi connectivity index (χ3n) is 3.45. The van der Waals surface area contributed by atoms with Crippen molar-refractivity contribution in [2.24, 2.45) is 0 Å². The molecule has 0 heterocycles. The average molecular weight is 341 g/mol. The number of benzene rings is 2. The highest BCUT2D eigenvalue weighted by Gasteiger charge is 2.21. The summed E-state index contributed by atoms with van der Waals surface area (Å²) in [6.07, 6.45) is -0.914. The normalized spacial score (nSPS) is 14.1. The van der Waals surface area contributed by atoms with E-state index >= 15 is 0 Å². The Morgan fingerprint density at radius 3 is 2.40 bits per heavy atom. The smallest absolute Gasteiger partial charge is 0.143 e. The van der Waals surface area contributed by atoms with Gasteiger partial charge in [0.2, 0.25) is 0 Å². The van der Waals surface area contributed by atoms with Crippen LogP contribution in [0.2, 0.25) is 0 Å². The minimum absolute atomic E-state index is 0.0623. The summed E-state index contributed by atoms with van der Waals surface area (Å²) in [6, 6.07) is 11.9. The molecule has 0 radical (unpaired) electrons. The second-order valence-corrected chi connectivity index (χ2v) is 5.65. The first-order chi connectivity index (χ1) is 9.50. The summed E-state index contributed by atoms with van der Waals surface area (Å²) >= 11 is 3.03. The standard InChI is InChI=1S/C16H15BrF2O/c1-10(11-5-3-2-4-6-11)15(20)9-12-14(18)8-7-13(17)16(12)19/h2-8,10,15,20H,9H2,1H3. The van der Waals surface area contributed by atoms with Crippen LogP contribution in [0.25, 0.3) is 0 Å². The van der Waals surface area contributed by atoms with Gasteiger partial charge in [0.25, 0.3) is 0 Å². The molecular formula is C16H15BrF2O. The van der Waals surface area contributed by atoms with Gasteiger partial charge < -0.3 is 5.11 Å². The zero-order valence-corrected chi connectivity index (χ0v) is 12.6. The van der Waals surface area contributed by atoms with E-state index in [1.807, 2.05) is 37.3 Å². The molecule has 1 N–H and O–H groups in total. The summed E-state index contributed by atoms with van der Waals surface area (Å²) in [5.74, 6) is -1.48. The highest BCUT2D eigenvalue weighted by Crippen LogP contribution is 2.26. The molecule has 2 unspecified atom stereocenters. The Kier molecular flexibility index (Phi) is 4.89. The summed E-state index contributed by atoms with van der Waals surface area (Å²) in [7, 11) is 0. The van der Waals surface area contributed by atoms with E-state index in [2.05, 4.69) is 15.9 Å². The number of halogens is 3. The van der Waals surface area contributed by atoms with Crippen LogP contribution in [-0.2, 0) is 6.42 Å². The topological polar surface area (TPSA) is 20.2 Å². The second kappa shape index (κ2) is 6.46. The van der Waals surface area contributed by atoms with E-state index in [-0.39, 0.29) is 22.4 Å². The molecule has 0 aromatic heterocycles. The molecule has 0 amide bonds. The van der Waals surface area contributed by atoms with Crippen LogP contribution in [0, 0.1) is 11.6 Å². The van der Waals surface area contributed by atoms with Gasteiger partial charge in [-0.15, -0.1) is 0 Å². The minimum Gasteiger partial charge on any atom is -0.392 e. The van der Waals surface area contributed by atoms with Gasteiger partial charge in [-0.2, -0.15) is 0 Å². The van der Waals surface area contributed by atoms with Crippen molar-refractivity contribution < 1.29 is 13.9 Å². The fraction of sp³-hybridized carbons (Fsp3) is 0.250. The van der Waals surface area contributed by atoms with Crippen molar-refractivity contribution in [3.05, 3.63) is 69.7 Å². The second-order valence-electron chi connectivity index (χ2n) is 4.79. The van der Waals surface area contributed by atoms with E-state index in [0.717, 1.165) is 5.56 Å². The van der Waals surface area contributed by atoms with Gasteiger partial charge in [0, 0.05) is 17.9 Å². The molecule has 1 nitrogen and oxygen atoms in total. The molecular weight excluding hydrogens is 326 g/mol. The summed E-state index contributed by atoms with van der Waals surface area (Å²) in [6.45, 7) is 1.84. The molecule has 2 rings (SSSR count). The lowest BCUT2D eigenvalue weighted by atomic mass is 9.91. The Morgan fingerprint density at radius 1 is 1.10 bits per heavy atom. The van der Waals surface area contributed by atoms with Gasteiger partial charge in [-0.3, -0.25) is 0 Å². The number of hydrogen-bond donors (Lipinski definition) is 1. The molecule has 0 aliphatic heterocycles. The predicted octanol–water partition coefficient (Wildman–Crippen LogP) is 4.43. The molecule has 0 aliphatic carbocycles. The first kappa shape index (κ1) is 15.1. The molecule has 20 heavy (non-hydrogen) atoms. The van der Waals surface area contributed by atoms with E-state index in [1.54, 1.807) is 0 Å². The maximum absolute atomic E-state index is 13.9. The number of hydrogen-bond acceptors (Lipinski definition) is 1. The van der Waals surface area contributed by atoms with Crippen LogP contribution < -0.4 is 0 Å².